The normalized spacial score (nSPS) is 11.1. The second-order valence-corrected chi connectivity index (χ2v) is 4.99. The van der Waals surface area contributed by atoms with Crippen LogP contribution in [0.25, 0.3) is 5.69 Å². The van der Waals surface area contributed by atoms with E-state index in [2.05, 4.69) is 49.2 Å². The third kappa shape index (κ3) is 3.20. The van der Waals surface area contributed by atoms with Gasteiger partial charge >= 0.3 is 0 Å². The maximum Gasteiger partial charge on any atom is 0.0677 e. The Morgan fingerprint density at radius 2 is 2.11 bits per heavy atom. The third-order valence-corrected chi connectivity index (χ3v) is 3.04. The molecule has 1 aromatic carbocycles. The number of aromatic nitrogens is 2. The Balaban J connectivity index is 2.19. The number of benzene rings is 1. The Bertz CT molecular complexity index is 486. The van der Waals surface area contributed by atoms with Crippen LogP contribution in [0.2, 0.25) is 0 Å². The summed E-state index contributed by atoms with van der Waals surface area (Å²) in [5.41, 5.74) is 3.88. The molecule has 0 unspecified atom stereocenters. The first kappa shape index (κ1) is 12.8. The van der Waals surface area contributed by atoms with Crippen molar-refractivity contribution in [2.75, 3.05) is 20.6 Å². The lowest BCUT2D eigenvalue weighted by molar-refractivity contribution is 0.400. The molecule has 0 spiro atoms. The van der Waals surface area contributed by atoms with Gasteiger partial charge in [0.25, 0.3) is 0 Å². The SMILES string of the molecule is Cc1ccc(-n2cccn2)c(CCCN(C)C)c1. The fourth-order valence-electron chi connectivity index (χ4n) is 2.14. The summed E-state index contributed by atoms with van der Waals surface area (Å²) < 4.78 is 1.95. The molecule has 0 N–H and O–H groups in total. The Hall–Kier alpha value is -1.61. The van der Waals surface area contributed by atoms with Crippen LogP contribution < -0.4 is 0 Å². The van der Waals surface area contributed by atoms with Crippen LogP contribution in [0.3, 0.4) is 0 Å². The monoisotopic (exact) mass is 243 g/mol. The van der Waals surface area contributed by atoms with E-state index < -0.39 is 0 Å². The maximum absolute atomic E-state index is 4.33. The van der Waals surface area contributed by atoms with Crippen molar-refractivity contribution in [3.63, 3.8) is 0 Å². The maximum atomic E-state index is 4.33. The average molecular weight is 243 g/mol. The molecule has 0 radical (unpaired) electrons. The van der Waals surface area contributed by atoms with Crippen molar-refractivity contribution >= 4 is 0 Å². The number of nitrogens with zero attached hydrogens (tertiary/aromatic N) is 3. The zero-order valence-corrected chi connectivity index (χ0v) is 11.4. The highest BCUT2D eigenvalue weighted by Gasteiger charge is 2.05. The van der Waals surface area contributed by atoms with Gasteiger partial charge in [0, 0.05) is 12.4 Å². The molecule has 18 heavy (non-hydrogen) atoms. The van der Waals surface area contributed by atoms with E-state index in [9.17, 15) is 0 Å². The summed E-state index contributed by atoms with van der Waals surface area (Å²) in [5, 5.41) is 4.33. The van der Waals surface area contributed by atoms with E-state index >= 15 is 0 Å². The van der Waals surface area contributed by atoms with Crippen molar-refractivity contribution in [3.8, 4) is 5.69 Å². The molecule has 0 aliphatic rings. The molecule has 0 bridgehead atoms. The lowest BCUT2D eigenvalue weighted by atomic mass is 10.0. The molecule has 0 aliphatic heterocycles. The van der Waals surface area contributed by atoms with Gasteiger partial charge in [-0.3, -0.25) is 0 Å². The van der Waals surface area contributed by atoms with Gasteiger partial charge in [-0.05, 0) is 58.1 Å². The fraction of sp³-hybridized carbons (Fsp3) is 0.400. The van der Waals surface area contributed by atoms with Crippen molar-refractivity contribution in [2.45, 2.75) is 19.8 Å². The quantitative estimate of drug-likeness (QED) is 0.805. The zero-order valence-electron chi connectivity index (χ0n) is 11.4. The van der Waals surface area contributed by atoms with Gasteiger partial charge in [0.2, 0.25) is 0 Å². The Morgan fingerprint density at radius 3 is 2.78 bits per heavy atom. The second-order valence-electron chi connectivity index (χ2n) is 4.99. The van der Waals surface area contributed by atoms with Crippen molar-refractivity contribution in [1.29, 1.82) is 0 Å². The topological polar surface area (TPSA) is 21.1 Å². The van der Waals surface area contributed by atoms with Crippen LogP contribution in [0.4, 0.5) is 0 Å². The van der Waals surface area contributed by atoms with Gasteiger partial charge in [0.05, 0.1) is 5.69 Å². The minimum absolute atomic E-state index is 1.09. The van der Waals surface area contributed by atoms with Gasteiger partial charge in [-0.25, -0.2) is 4.68 Å². The molecule has 0 saturated carbocycles. The molecule has 0 aliphatic carbocycles. The molecule has 2 aromatic rings. The smallest absolute Gasteiger partial charge is 0.0677 e. The van der Waals surface area contributed by atoms with Crippen molar-refractivity contribution in [2.24, 2.45) is 0 Å². The highest BCUT2D eigenvalue weighted by atomic mass is 15.3. The summed E-state index contributed by atoms with van der Waals surface area (Å²) in [7, 11) is 4.23. The first-order valence-electron chi connectivity index (χ1n) is 6.41. The van der Waals surface area contributed by atoms with E-state index in [1.165, 1.54) is 23.2 Å². The minimum atomic E-state index is 1.09. The fourth-order valence-corrected chi connectivity index (χ4v) is 2.14. The predicted octanol–water partition coefficient (Wildman–Crippen LogP) is 2.67. The molecule has 0 saturated heterocycles. The van der Waals surface area contributed by atoms with Crippen LogP contribution in [0.5, 0.6) is 0 Å². The van der Waals surface area contributed by atoms with E-state index in [0.29, 0.717) is 0 Å². The van der Waals surface area contributed by atoms with Gasteiger partial charge in [-0.2, -0.15) is 5.10 Å². The number of rotatable bonds is 5. The molecular formula is C15H21N3. The highest BCUT2D eigenvalue weighted by molar-refractivity contribution is 5.42. The first-order chi connectivity index (χ1) is 8.66. The standard InChI is InChI=1S/C15H21N3/c1-13-7-8-15(18-11-5-9-16-18)14(12-13)6-4-10-17(2)3/h5,7-9,11-12H,4,6,10H2,1-3H3. The van der Waals surface area contributed by atoms with Gasteiger partial charge in [-0.15, -0.1) is 0 Å². The number of aryl methyl sites for hydroxylation is 2. The molecule has 1 heterocycles. The summed E-state index contributed by atoms with van der Waals surface area (Å²) in [6, 6.07) is 8.54. The molecule has 1 aromatic heterocycles. The summed E-state index contributed by atoms with van der Waals surface area (Å²) in [5.74, 6) is 0. The van der Waals surface area contributed by atoms with Crippen molar-refractivity contribution in [3.05, 3.63) is 47.8 Å². The molecule has 0 atom stereocenters. The molecule has 96 valence electrons. The Labute approximate surface area is 109 Å². The van der Waals surface area contributed by atoms with Gasteiger partial charge in [-0.1, -0.05) is 17.7 Å². The number of hydrogen-bond donors (Lipinski definition) is 0. The summed E-state index contributed by atoms with van der Waals surface area (Å²) >= 11 is 0. The summed E-state index contributed by atoms with van der Waals surface area (Å²) in [6.07, 6.45) is 6.09. The first-order valence-corrected chi connectivity index (χ1v) is 6.41. The van der Waals surface area contributed by atoms with E-state index in [4.69, 9.17) is 0 Å². The van der Waals surface area contributed by atoms with E-state index in [1.807, 2.05) is 23.1 Å². The molecule has 3 nitrogen and oxygen atoms in total. The van der Waals surface area contributed by atoms with E-state index in [0.717, 1.165) is 13.0 Å². The predicted molar refractivity (Wildman–Crippen MR) is 75.2 cm³/mol. The van der Waals surface area contributed by atoms with Gasteiger partial charge < -0.3 is 4.90 Å². The molecule has 2 rings (SSSR count). The molecule has 3 heteroatoms. The Morgan fingerprint density at radius 1 is 1.28 bits per heavy atom. The van der Waals surface area contributed by atoms with Crippen LogP contribution in [-0.2, 0) is 6.42 Å². The van der Waals surface area contributed by atoms with E-state index in [-0.39, 0.29) is 0 Å². The largest absolute Gasteiger partial charge is 0.309 e. The summed E-state index contributed by atoms with van der Waals surface area (Å²) in [4.78, 5) is 2.23. The molecule has 0 fully saturated rings. The summed E-state index contributed by atoms with van der Waals surface area (Å²) in [6.45, 7) is 3.26. The zero-order chi connectivity index (χ0) is 13.0. The average Bonchev–Trinajstić information content (AvgIpc) is 2.82. The lowest BCUT2D eigenvalue weighted by Gasteiger charge is -2.13. The van der Waals surface area contributed by atoms with Gasteiger partial charge in [0.1, 0.15) is 0 Å². The Kier molecular flexibility index (Phi) is 4.15. The second kappa shape index (κ2) is 5.83. The molecule has 0 amide bonds. The van der Waals surface area contributed by atoms with Crippen LogP contribution in [0.15, 0.2) is 36.7 Å². The highest BCUT2D eigenvalue weighted by Crippen LogP contribution is 2.17. The van der Waals surface area contributed by atoms with Crippen LogP contribution >= 0.6 is 0 Å². The third-order valence-electron chi connectivity index (χ3n) is 3.04. The van der Waals surface area contributed by atoms with Crippen LogP contribution in [0, 0.1) is 6.92 Å². The lowest BCUT2D eigenvalue weighted by Crippen LogP contribution is -2.14. The minimum Gasteiger partial charge on any atom is -0.309 e. The van der Waals surface area contributed by atoms with Crippen molar-refractivity contribution < 1.29 is 0 Å². The van der Waals surface area contributed by atoms with E-state index in [1.54, 1.807) is 0 Å². The van der Waals surface area contributed by atoms with Crippen LogP contribution in [0.1, 0.15) is 17.5 Å². The molecular weight excluding hydrogens is 222 g/mol. The van der Waals surface area contributed by atoms with Crippen molar-refractivity contribution in [1.82, 2.24) is 14.7 Å². The number of hydrogen-bond acceptors (Lipinski definition) is 2. The van der Waals surface area contributed by atoms with Gasteiger partial charge in [0.15, 0.2) is 0 Å². The van der Waals surface area contributed by atoms with Crippen LogP contribution in [-0.4, -0.2) is 35.3 Å².